The van der Waals surface area contributed by atoms with E-state index in [2.05, 4.69) is 9.46 Å². The maximum atomic E-state index is 11.9. The molecule has 21 heavy (non-hydrogen) atoms. The van der Waals surface area contributed by atoms with Gasteiger partial charge >= 0.3 is 6.18 Å². The topological polar surface area (TPSA) is 79.2 Å². The number of ether oxygens (including phenoxy) is 1. The van der Waals surface area contributed by atoms with Crippen LogP contribution in [0.1, 0.15) is 11.1 Å². The zero-order chi connectivity index (χ0) is 16.1. The third-order valence-electron chi connectivity index (χ3n) is 2.43. The molecule has 1 aromatic carbocycles. The number of benzene rings is 1. The van der Waals surface area contributed by atoms with E-state index in [1.807, 2.05) is 6.07 Å². The Bertz CT molecular complexity index is 636. The molecule has 0 saturated heterocycles. The Kier molecular flexibility index (Phi) is 5.71. The van der Waals surface area contributed by atoms with Crippen LogP contribution in [-0.4, -0.2) is 34.4 Å². The molecule has 5 nitrogen and oxygen atoms in total. The third kappa shape index (κ3) is 5.71. The van der Waals surface area contributed by atoms with Gasteiger partial charge in [0.05, 0.1) is 23.1 Å². The molecule has 1 rings (SSSR count). The molecule has 1 aromatic rings. The van der Waals surface area contributed by atoms with E-state index in [0.29, 0.717) is 11.1 Å². The summed E-state index contributed by atoms with van der Waals surface area (Å²) in [5.74, 6) is 0. The van der Waals surface area contributed by atoms with Crippen molar-refractivity contribution in [3.63, 3.8) is 0 Å². The van der Waals surface area contributed by atoms with Crippen molar-refractivity contribution in [3.05, 3.63) is 29.3 Å². The molecule has 0 saturated carbocycles. The summed E-state index contributed by atoms with van der Waals surface area (Å²) < 4.78 is 65.6. The average Bonchev–Trinajstić information content (AvgIpc) is 2.36. The molecule has 0 amide bonds. The Morgan fingerprint density at radius 3 is 2.57 bits per heavy atom. The van der Waals surface area contributed by atoms with E-state index in [1.54, 1.807) is 6.92 Å². The van der Waals surface area contributed by atoms with Crippen LogP contribution in [-0.2, 0) is 14.8 Å². The van der Waals surface area contributed by atoms with Gasteiger partial charge in [0.25, 0.3) is 0 Å². The van der Waals surface area contributed by atoms with Crippen LogP contribution in [0.15, 0.2) is 23.1 Å². The number of aryl methyl sites for hydroxylation is 1. The third-order valence-corrected chi connectivity index (χ3v) is 3.89. The predicted octanol–water partition coefficient (Wildman–Crippen LogP) is 1.72. The molecule has 0 aliphatic heterocycles. The lowest BCUT2D eigenvalue weighted by atomic mass is 10.1. The van der Waals surface area contributed by atoms with Gasteiger partial charge in [0.15, 0.2) is 0 Å². The van der Waals surface area contributed by atoms with Crippen molar-refractivity contribution < 1.29 is 26.3 Å². The van der Waals surface area contributed by atoms with E-state index in [0.717, 1.165) is 0 Å². The highest BCUT2D eigenvalue weighted by atomic mass is 32.2. The minimum atomic E-state index is -4.44. The first kappa shape index (κ1) is 17.4. The number of nitrogens with one attached hydrogen (secondary N) is 1. The quantitative estimate of drug-likeness (QED) is 0.809. The van der Waals surface area contributed by atoms with Crippen LogP contribution >= 0.6 is 0 Å². The van der Waals surface area contributed by atoms with Gasteiger partial charge in [-0.25, -0.2) is 13.1 Å². The maximum Gasteiger partial charge on any atom is 0.411 e. The van der Waals surface area contributed by atoms with Crippen molar-refractivity contribution in [2.75, 3.05) is 19.8 Å². The number of hydrogen-bond acceptors (Lipinski definition) is 4. The molecule has 0 aromatic heterocycles. The van der Waals surface area contributed by atoms with Crippen molar-refractivity contribution >= 4 is 10.0 Å². The van der Waals surface area contributed by atoms with Gasteiger partial charge in [-0.1, -0.05) is 0 Å². The highest BCUT2D eigenvalue weighted by molar-refractivity contribution is 7.89. The average molecular weight is 322 g/mol. The molecule has 0 atom stereocenters. The van der Waals surface area contributed by atoms with Gasteiger partial charge in [0, 0.05) is 6.54 Å². The highest BCUT2D eigenvalue weighted by Gasteiger charge is 2.27. The lowest BCUT2D eigenvalue weighted by molar-refractivity contribution is -0.173. The van der Waals surface area contributed by atoms with Crippen molar-refractivity contribution in [1.82, 2.24) is 4.72 Å². The molecule has 0 bridgehead atoms. The fourth-order valence-corrected chi connectivity index (χ4v) is 2.55. The largest absolute Gasteiger partial charge is 0.411 e. The Morgan fingerprint density at radius 1 is 1.38 bits per heavy atom. The minimum absolute atomic E-state index is 0.0604. The molecule has 1 N–H and O–H groups in total. The molecule has 0 heterocycles. The highest BCUT2D eigenvalue weighted by Crippen LogP contribution is 2.15. The van der Waals surface area contributed by atoms with Crippen LogP contribution in [0.3, 0.4) is 0 Å². The molecule has 0 aliphatic carbocycles. The number of sulfonamides is 1. The second kappa shape index (κ2) is 6.89. The van der Waals surface area contributed by atoms with Gasteiger partial charge < -0.3 is 4.74 Å². The number of halogens is 3. The van der Waals surface area contributed by atoms with Gasteiger partial charge in [-0.15, -0.1) is 0 Å². The number of hydrogen-bond donors (Lipinski definition) is 1. The molecular weight excluding hydrogens is 309 g/mol. The summed E-state index contributed by atoms with van der Waals surface area (Å²) in [6.45, 7) is -0.514. The van der Waals surface area contributed by atoms with Crippen LogP contribution in [0.5, 0.6) is 0 Å². The van der Waals surface area contributed by atoms with Crippen molar-refractivity contribution in [1.29, 1.82) is 5.26 Å². The summed E-state index contributed by atoms with van der Waals surface area (Å²) in [5, 5.41) is 8.75. The first-order chi connectivity index (χ1) is 9.65. The van der Waals surface area contributed by atoms with Crippen molar-refractivity contribution in [2.45, 2.75) is 18.0 Å². The second-order valence-corrected chi connectivity index (χ2v) is 5.92. The van der Waals surface area contributed by atoms with E-state index in [9.17, 15) is 21.6 Å². The zero-order valence-corrected chi connectivity index (χ0v) is 11.9. The van der Waals surface area contributed by atoms with Crippen molar-refractivity contribution in [3.8, 4) is 6.07 Å². The molecule has 0 fully saturated rings. The zero-order valence-electron chi connectivity index (χ0n) is 11.1. The van der Waals surface area contributed by atoms with Gasteiger partial charge in [-0.3, -0.25) is 0 Å². The van der Waals surface area contributed by atoms with Gasteiger partial charge in [-0.2, -0.15) is 18.4 Å². The summed E-state index contributed by atoms with van der Waals surface area (Å²) in [7, 11) is -3.84. The standard InChI is InChI=1S/C12H13F3N2O3S/c1-9-6-11(3-2-10(9)7-16)21(18,19)17-4-5-20-8-12(13,14)15/h2-3,6,17H,4-5,8H2,1H3. The summed E-state index contributed by atoms with van der Waals surface area (Å²) in [4.78, 5) is -0.0604. The van der Waals surface area contributed by atoms with E-state index in [1.165, 1.54) is 18.2 Å². The van der Waals surface area contributed by atoms with Crippen LogP contribution in [0.2, 0.25) is 0 Å². The first-order valence-corrected chi connectivity index (χ1v) is 7.29. The Labute approximate surface area is 120 Å². The van der Waals surface area contributed by atoms with Crippen molar-refractivity contribution in [2.24, 2.45) is 0 Å². The van der Waals surface area contributed by atoms with Crippen LogP contribution in [0.25, 0.3) is 0 Å². The predicted molar refractivity (Wildman–Crippen MR) is 68.0 cm³/mol. The van der Waals surface area contributed by atoms with Gasteiger partial charge in [0.2, 0.25) is 10.0 Å². The maximum absolute atomic E-state index is 11.9. The molecule has 116 valence electrons. The van der Waals surface area contributed by atoms with Crippen LogP contribution in [0, 0.1) is 18.3 Å². The molecule has 0 spiro atoms. The fourth-order valence-electron chi connectivity index (χ4n) is 1.45. The number of nitriles is 1. The van der Waals surface area contributed by atoms with Gasteiger partial charge in [-0.05, 0) is 30.7 Å². The molecular formula is C12H13F3N2O3S. The van der Waals surface area contributed by atoms with Gasteiger partial charge in [0.1, 0.15) is 6.61 Å². The van der Waals surface area contributed by atoms with E-state index >= 15 is 0 Å². The summed E-state index contributed by atoms with van der Waals surface area (Å²) >= 11 is 0. The monoisotopic (exact) mass is 322 g/mol. The summed E-state index contributed by atoms with van der Waals surface area (Å²) in [6, 6.07) is 5.84. The van der Waals surface area contributed by atoms with E-state index in [4.69, 9.17) is 5.26 Å². The first-order valence-electron chi connectivity index (χ1n) is 5.80. The van der Waals surface area contributed by atoms with Crippen LogP contribution in [0.4, 0.5) is 13.2 Å². The Morgan fingerprint density at radius 2 is 2.05 bits per heavy atom. The molecule has 9 heteroatoms. The molecule has 0 unspecified atom stereocenters. The lowest BCUT2D eigenvalue weighted by Crippen LogP contribution is -2.29. The lowest BCUT2D eigenvalue weighted by Gasteiger charge is -2.09. The molecule has 0 radical (unpaired) electrons. The summed E-state index contributed by atoms with van der Waals surface area (Å²) in [5.41, 5.74) is 0.844. The SMILES string of the molecule is Cc1cc(S(=O)(=O)NCCOCC(F)(F)F)ccc1C#N. The smallest absolute Gasteiger partial charge is 0.371 e. The second-order valence-electron chi connectivity index (χ2n) is 4.15. The normalized spacial score (nSPS) is 12.1. The van der Waals surface area contributed by atoms with Crippen LogP contribution < -0.4 is 4.72 Å². The Hall–Kier alpha value is -1.63. The fraction of sp³-hybridized carbons (Fsp3) is 0.417. The number of rotatable bonds is 6. The molecule has 0 aliphatic rings. The number of alkyl halides is 3. The van der Waals surface area contributed by atoms with E-state index in [-0.39, 0.29) is 11.4 Å². The number of nitrogens with zero attached hydrogens (tertiary/aromatic N) is 1. The minimum Gasteiger partial charge on any atom is -0.371 e. The Balaban J connectivity index is 2.58. The summed E-state index contributed by atoms with van der Waals surface area (Å²) in [6.07, 6.45) is -4.44. The van der Waals surface area contributed by atoms with E-state index < -0.39 is 29.4 Å².